The van der Waals surface area contributed by atoms with E-state index in [0.29, 0.717) is 24.0 Å². The molecule has 1 aromatic heterocycles. The molecule has 0 amide bonds. The zero-order valence-corrected chi connectivity index (χ0v) is 13.8. The van der Waals surface area contributed by atoms with Gasteiger partial charge >= 0.3 is 0 Å². The molecular formula is C19H24N2O2. The highest BCUT2D eigenvalue weighted by atomic mass is 16.5. The summed E-state index contributed by atoms with van der Waals surface area (Å²) >= 11 is 0. The Morgan fingerprint density at radius 2 is 2.09 bits per heavy atom. The molecule has 0 radical (unpaired) electrons. The van der Waals surface area contributed by atoms with E-state index >= 15 is 0 Å². The van der Waals surface area contributed by atoms with Gasteiger partial charge in [0.05, 0.1) is 11.8 Å². The summed E-state index contributed by atoms with van der Waals surface area (Å²) in [4.78, 5) is 4.59. The Hall–Kier alpha value is -1.65. The Kier molecular flexibility index (Phi) is 3.74. The molecule has 23 heavy (non-hydrogen) atoms. The fourth-order valence-corrected chi connectivity index (χ4v) is 4.23. The zero-order chi connectivity index (χ0) is 15.9. The van der Waals surface area contributed by atoms with Crippen molar-refractivity contribution in [2.45, 2.75) is 38.8 Å². The van der Waals surface area contributed by atoms with Gasteiger partial charge in [-0.2, -0.15) is 0 Å². The van der Waals surface area contributed by atoms with Crippen LogP contribution in [-0.2, 0) is 11.2 Å². The van der Waals surface area contributed by atoms with Gasteiger partial charge in [0.2, 0.25) is 5.89 Å². The molecule has 0 bridgehead atoms. The summed E-state index contributed by atoms with van der Waals surface area (Å²) in [7, 11) is 0. The van der Waals surface area contributed by atoms with Crippen molar-refractivity contribution in [1.82, 2.24) is 10.3 Å². The highest BCUT2D eigenvalue weighted by molar-refractivity contribution is 5.52. The van der Waals surface area contributed by atoms with Crippen LogP contribution in [0.2, 0.25) is 0 Å². The lowest BCUT2D eigenvalue weighted by atomic mass is 9.57. The average Bonchev–Trinajstić information content (AvgIpc) is 3.20. The van der Waals surface area contributed by atoms with Gasteiger partial charge in [-0.05, 0) is 18.6 Å². The second kappa shape index (κ2) is 5.77. The first-order valence-corrected chi connectivity index (χ1v) is 8.51. The predicted molar refractivity (Wildman–Crippen MR) is 89.1 cm³/mol. The van der Waals surface area contributed by atoms with E-state index in [1.54, 1.807) is 6.26 Å². The number of aromatic nitrogens is 1. The van der Waals surface area contributed by atoms with E-state index in [2.05, 4.69) is 24.1 Å². The van der Waals surface area contributed by atoms with Crippen LogP contribution in [0.25, 0.3) is 11.5 Å². The van der Waals surface area contributed by atoms with Gasteiger partial charge in [-0.15, -0.1) is 0 Å². The van der Waals surface area contributed by atoms with Crippen LogP contribution in [0.15, 0.2) is 41.0 Å². The summed E-state index contributed by atoms with van der Waals surface area (Å²) in [5, 5.41) is 3.72. The van der Waals surface area contributed by atoms with Crippen molar-refractivity contribution in [2.24, 2.45) is 11.3 Å². The van der Waals surface area contributed by atoms with Crippen LogP contribution in [-0.4, -0.2) is 30.3 Å². The largest absolute Gasteiger partial charge is 0.444 e. The number of rotatable bonds is 5. The number of nitrogens with zero attached hydrogens (tertiary/aromatic N) is 1. The van der Waals surface area contributed by atoms with E-state index in [1.807, 2.05) is 30.3 Å². The van der Waals surface area contributed by atoms with Gasteiger partial charge in [-0.3, -0.25) is 0 Å². The maximum absolute atomic E-state index is 5.85. The minimum Gasteiger partial charge on any atom is -0.444 e. The minimum absolute atomic E-state index is 0.236. The lowest BCUT2D eigenvalue weighted by Crippen LogP contribution is -2.66. The molecular weight excluding hydrogens is 288 g/mol. The van der Waals surface area contributed by atoms with Crippen LogP contribution in [0, 0.1) is 11.3 Å². The van der Waals surface area contributed by atoms with Crippen LogP contribution in [0.4, 0.5) is 0 Å². The zero-order valence-electron chi connectivity index (χ0n) is 13.8. The Labute approximate surface area is 137 Å². The number of nitrogens with one attached hydrogen (secondary N) is 1. The van der Waals surface area contributed by atoms with E-state index < -0.39 is 0 Å². The lowest BCUT2D eigenvalue weighted by Gasteiger charge is -2.55. The molecule has 1 N–H and O–H groups in total. The number of fused-ring (bicyclic) bond motifs is 1. The monoisotopic (exact) mass is 312 g/mol. The van der Waals surface area contributed by atoms with Crippen molar-refractivity contribution < 1.29 is 9.15 Å². The number of benzene rings is 1. The van der Waals surface area contributed by atoms with Crippen LogP contribution >= 0.6 is 0 Å². The van der Waals surface area contributed by atoms with Gasteiger partial charge in [0.15, 0.2) is 0 Å². The summed E-state index contributed by atoms with van der Waals surface area (Å²) in [6, 6.07) is 10.6. The maximum Gasteiger partial charge on any atom is 0.226 e. The molecule has 1 aliphatic carbocycles. The molecule has 2 aliphatic rings. The molecule has 1 saturated carbocycles. The van der Waals surface area contributed by atoms with Crippen molar-refractivity contribution >= 4 is 0 Å². The highest BCUT2D eigenvalue weighted by Gasteiger charge is 2.58. The third-order valence-electron chi connectivity index (χ3n) is 5.42. The maximum atomic E-state index is 5.85. The van der Waals surface area contributed by atoms with E-state index in [1.165, 1.54) is 6.42 Å². The predicted octanol–water partition coefficient (Wildman–Crippen LogP) is 3.29. The SMILES string of the molecule is CC1(C)[C@H](NCCc2coc(-c3ccccc3)n2)[C@H]2CCO[C@H]21. The summed E-state index contributed by atoms with van der Waals surface area (Å²) in [6.07, 6.45) is 4.30. The number of ether oxygens (including phenoxy) is 1. The third kappa shape index (κ3) is 2.60. The molecule has 0 spiro atoms. The quantitative estimate of drug-likeness (QED) is 0.920. The molecule has 4 nitrogen and oxygen atoms in total. The van der Waals surface area contributed by atoms with Gasteiger partial charge in [-0.1, -0.05) is 32.0 Å². The van der Waals surface area contributed by atoms with Crippen LogP contribution in [0.3, 0.4) is 0 Å². The normalized spacial score (nSPS) is 28.3. The Morgan fingerprint density at radius 1 is 1.26 bits per heavy atom. The molecule has 2 aromatic rings. The smallest absolute Gasteiger partial charge is 0.226 e. The number of hydrogen-bond acceptors (Lipinski definition) is 4. The molecule has 1 saturated heterocycles. The first-order chi connectivity index (χ1) is 11.2. The molecule has 0 unspecified atom stereocenters. The second-order valence-electron chi connectivity index (χ2n) is 7.26. The summed E-state index contributed by atoms with van der Waals surface area (Å²) in [6.45, 7) is 6.46. The van der Waals surface area contributed by atoms with E-state index in [-0.39, 0.29) is 5.41 Å². The Morgan fingerprint density at radius 3 is 2.91 bits per heavy atom. The summed E-state index contributed by atoms with van der Waals surface area (Å²) < 4.78 is 11.4. The third-order valence-corrected chi connectivity index (χ3v) is 5.42. The molecule has 4 heteroatoms. The number of oxazole rings is 1. The second-order valence-corrected chi connectivity index (χ2v) is 7.26. The van der Waals surface area contributed by atoms with Crippen molar-refractivity contribution in [3.05, 3.63) is 42.3 Å². The topological polar surface area (TPSA) is 47.3 Å². The van der Waals surface area contributed by atoms with Gasteiger partial charge < -0.3 is 14.5 Å². The number of hydrogen-bond donors (Lipinski definition) is 1. The molecule has 1 aliphatic heterocycles. The van der Waals surface area contributed by atoms with Crippen molar-refractivity contribution in [2.75, 3.05) is 13.2 Å². The fraction of sp³-hybridized carbons (Fsp3) is 0.526. The first-order valence-electron chi connectivity index (χ1n) is 8.51. The van der Waals surface area contributed by atoms with Crippen LogP contribution < -0.4 is 5.32 Å². The molecule has 122 valence electrons. The van der Waals surface area contributed by atoms with Gasteiger partial charge in [0.25, 0.3) is 0 Å². The summed E-state index contributed by atoms with van der Waals surface area (Å²) in [5.74, 6) is 1.39. The van der Waals surface area contributed by atoms with Gasteiger partial charge in [-0.25, -0.2) is 4.98 Å². The Bertz CT molecular complexity index is 665. The Balaban J connectivity index is 1.33. The van der Waals surface area contributed by atoms with Crippen LogP contribution in [0.1, 0.15) is 26.0 Å². The van der Waals surface area contributed by atoms with Gasteiger partial charge in [0.1, 0.15) is 6.26 Å². The first kappa shape index (κ1) is 14.9. The molecule has 2 heterocycles. The van der Waals surface area contributed by atoms with Crippen molar-refractivity contribution in [3.8, 4) is 11.5 Å². The minimum atomic E-state index is 0.236. The van der Waals surface area contributed by atoms with E-state index in [9.17, 15) is 0 Å². The van der Waals surface area contributed by atoms with Crippen LogP contribution in [0.5, 0.6) is 0 Å². The molecule has 4 rings (SSSR count). The van der Waals surface area contributed by atoms with Gasteiger partial charge in [0, 0.05) is 42.5 Å². The molecule has 1 aromatic carbocycles. The lowest BCUT2D eigenvalue weighted by molar-refractivity contribution is -0.112. The van der Waals surface area contributed by atoms with Crippen molar-refractivity contribution in [3.63, 3.8) is 0 Å². The van der Waals surface area contributed by atoms with E-state index in [4.69, 9.17) is 9.15 Å². The molecule has 3 atom stereocenters. The standard InChI is InChI=1S/C19H24N2O2/c1-19(2)16(15-9-11-22-17(15)19)20-10-8-14-12-23-18(21-14)13-6-4-3-5-7-13/h3-7,12,15-17,20H,8-11H2,1-2H3/t15-,16-,17-/m1/s1. The van der Waals surface area contributed by atoms with Crippen molar-refractivity contribution in [1.29, 1.82) is 0 Å². The average molecular weight is 312 g/mol. The van der Waals surface area contributed by atoms with E-state index in [0.717, 1.165) is 30.8 Å². The highest BCUT2D eigenvalue weighted by Crippen LogP contribution is 2.52. The molecule has 2 fully saturated rings. The fourth-order valence-electron chi connectivity index (χ4n) is 4.23. The summed E-state index contributed by atoms with van der Waals surface area (Å²) in [5.41, 5.74) is 2.27.